The number of amides is 1. The summed E-state index contributed by atoms with van der Waals surface area (Å²) < 4.78 is 12.3. The van der Waals surface area contributed by atoms with Gasteiger partial charge in [-0.05, 0) is 70.0 Å². The fraction of sp³-hybridized carbons (Fsp3) is 0.500. The molecule has 6 heteroatoms. The molecule has 2 aliphatic heterocycles. The molecule has 2 aliphatic rings. The predicted molar refractivity (Wildman–Crippen MR) is 116 cm³/mol. The Balaban J connectivity index is 1.71. The topological polar surface area (TPSA) is 63.7 Å². The number of carbonyl (C=O) groups excluding carboxylic acids is 1. The number of rotatable bonds is 5. The lowest BCUT2D eigenvalue weighted by Gasteiger charge is -2.45. The summed E-state index contributed by atoms with van der Waals surface area (Å²) in [6.07, 6.45) is 4.70. The second-order valence-corrected chi connectivity index (χ2v) is 8.12. The van der Waals surface area contributed by atoms with Gasteiger partial charge in [0.1, 0.15) is 22.8 Å². The molecule has 2 aromatic rings. The number of pyridine rings is 1. The van der Waals surface area contributed by atoms with E-state index in [4.69, 9.17) is 9.47 Å². The third-order valence-corrected chi connectivity index (χ3v) is 6.47. The maximum Gasteiger partial charge on any atom is 0.272 e. The SMILES string of the molecule is CCN(CC)C(=O)c1ccc(C2CC3(CCNCC3)Oc3cccc(OC)c32)cn1. The summed E-state index contributed by atoms with van der Waals surface area (Å²) in [6, 6.07) is 9.92. The molecule has 1 N–H and O–H groups in total. The summed E-state index contributed by atoms with van der Waals surface area (Å²) in [5.74, 6) is 1.83. The summed E-state index contributed by atoms with van der Waals surface area (Å²) in [5.41, 5.74) is 2.49. The number of hydrogen-bond donors (Lipinski definition) is 1. The zero-order chi connectivity index (χ0) is 21.1. The van der Waals surface area contributed by atoms with Crippen LogP contribution in [-0.4, -0.2) is 54.7 Å². The average Bonchev–Trinajstić information content (AvgIpc) is 2.79. The second-order valence-electron chi connectivity index (χ2n) is 8.12. The van der Waals surface area contributed by atoms with Gasteiger partial charge < -0.3 is 19.7 Å². The van der Waals surface area contributed by atoms with Crippen molar-refractivity contribution in [2.75, 3.05) is 33.3 Å². The molecule has 1 fully saturated rings. The van der Waals surface area contributed by atoms with E-state index in [0.717, 1.165) is 55.0 Å². The Labute approximate surface area is 178 Å². The van der Waals surface area contributed by atoms with Crippen molar-refractivity contribution in [2.24, 2.45) is 0 Å². The molecule has 1 amide bonds. The number of aromatic nitrogens is 1. The Hall–Kier alpha value is -2.60. The van der Waals surface area contributed by atoms with Gasteiger partial charge in [0.25, 0.3) is 5.91 Å². The van der Waals surface area contributed by atoms with Crippen molar-refractivity contribution in [3.8, 4) is 11.5 Å². The van der Waals surface area contributed by atoms with E-state index in [1.165, 1.54) is 0 Å². The van der Waals surface area contributed by atoms with Crippen molar-refractivity contribution in [3.63, 3.8) is 0 Å². The minimum absolute atomic E-state index is 0.0219. The highest BCUT2D eigenvalue weighted by Crippen LogP contribution is 2.50. The standard InChI is InChI=1S/C24H31N3O3/c1-4-27(5-2)23(28)19-10-9-17(16-26-19)18-15-24(11-13-25-14-12-24)30-21-8-6-7-20(29-3)22(18)21/h6-10,16,18,25H,4-5,11-15H2,1-3H3. The van der Waals surface area contributed by atoms with Crippen LogP contribution in [-0.2, 0) is 0 Å². The molecule has 6 nitrogen and oxygen atoms in total. The molecule has 1 aromatic heterocycles. The molecule has 0 saturated carbocycles. The fourth-order valence-corrected chi connectivity index (χ4v) is 4.77. The van der Waals surface area contributed by atoms with Gasteiger partial charge in [-0.1, -0.05) is 12.1 Å². The van der Waals surface area contributed by atoms with E-state index < -0.39 is 0 Å². The summed E-state index contributed by atoms with van der Waals surface area (Å²) in [4.78, 5) is 19.0. The molecule has 1 saturated heterocycles. The predicted octanol–water partition coefficient (Wildman–Crippen LogP) is 3.61. The number of hydrogen-bond acceptors (Lipinski definition) is 5. The Morgan fingerprint density at radius 1 is 1.23 bits per heavy atom. The van der Waals surface area contributed by atoms with E-state index in [0.29, 0.717) is 18.8 Å². The van der Waals surface area contributed by atoms with E-state index in [9.17, 15) is 4.79 Å². The smallest absolute Gasteiger partial charge is 0.272 e. The highest BCUT2D eigenvalue weighted by atomic mass is 16.5. The number of methoxy groups -OCH3 is 1. The molecular formula is C24H31N3O3. The first-order valence-electron chi connectivity index (χ1n) is 10.9. The highest BCUT2D eigenvalue weighted by molar-refractivity contribution is 5.92. The lowest BCUT2D eigenvalue weighted by atomic mass is 9.75. The monoisotopic (exact) mass is 409 g/mol. The first kappa shape index (κ1) is 20.7. The summed E-state index contributed by atoms with van der Waals surface area (Å²) in [5, 5.41) is 3.44. The quantitative estimate of drug-likeness (QED) is 0.817. The van der Waals surface area contributed by atoms with Crippen LogP contribution in [0.5, 0.6) is 11.5 Å². The molecule has 30 heavy (non-hydrogen) atoms. The molecular weight excluding hydrogens is 378 g/mol. The minimum Gasteiger partial charge on any atom is -0.496 e. The van der Waals surface area contributed by atoms with Gasteiger partial charge in [-0.3, -0.25) is 9.78 Å². The Morgan fingerprint density at radius 3 is 2.63 bits per heavy atom. The highest BCUT2D eigenvalue weighted by Gasteiger charge is 2.43. The van der Waals surface area contributed by atoms with Crippen LogP contribution in [0.4, 0.5) is 0 Å². The van der Waals surface area contributed by atoms with Crippen LogP contribution in [0.15, 0.2) is 36.5 Å². The molecule has 1 unspecified atom stereocenters. The van der Waals surface area contributed by atoms with Gasteiger partial charge in [0.05, 0.1) is 7.11 Å². The van der Waals surface area contributed by atoms with Crippen molar-refractivity contribution in [2.45, 2.75) is 44.6 Å². The lowest BCUT2D eigenvalue weighted by molar-refractivity contribution is 0.0107. The maximum atomic E-state index is 12.7. The van der Waals surface area contributed by atoms with Gasteiger partial charge >= 0.3 is 0 Å². The zero-order valence-electron chi connectivity index (χ0n) is 18.1. The third-order valence-electron chi connectivity index (χ3n) is 6.47. The first-order valence-corrected chi connectivity index (χ1v) is 10.9. The zero-order valence-corrected chi connectivity index (χ0v) is 18.1. The molecule has 4 rings (SSSR count). The van der Waals surface area contributed by atoms with Gasteiger partial charge in [-0.15, -0.1) is 0 Å². The van der Waals surface area contributed by atoms with Crippen molar-refractivity contribution >= 4 is 5.91 Å². The van der Waals surface area contributed by atoms with E-state index in [-0.39, 0.29) is 17.4 Å². The molecule has 1 aromatic carbocycles. The largest absolute Gasteiger partial charge is 0.496 e. The van der Waals surface area contributed by atoms with Crippen LogP contribution in [0.25, 0.3) is 0 Å². The molecule has 3 heterocycles. The van der Waals surface area contributed by atoms with Crippen LogP contribution in [0.2, 0.25) is 0 Å². The molecule has 1 spiro atoms. The Bertz CT molecular complexity index is 887. The van der Waals surface area contributed by atoms with Crippen LogP contribution in [0.1, 0.15) is 60.6 Å². The van der Waals surface area contributed by atoms with Gasteiger partial charge in [-0.25, -0.2) is 0 Å². The van der Waals surface area contributed by atoms with Crippen molar-refractivity contribution in [3.05, 3.63) is 53.3 Å². The van der Waals surface area contributed by atoms with Crippen LogP contribution < -0.4 is 14.8 Å². The summed E-state index contributed by atoms with van der Waals surface area (Å²) in [6.45, 7) is 7.25. The minimum atomic E-state index is -0.176. The van der Waals surface area contributed by atoms with Crippen molar-refractivity contribution < 1.29 is 14.3 Å². The molecule has 1 atom stereocenters. The van der Waals surface area contributed by atoms with Crippen LogP contribution >= 0.6 is 0 Å². The number of benzene rings is 1. The summed E-state index contributed by atoms with van der Waals surface area (Å²) in [7, 11) is 1.70. The average molecular weight is 410 g/mol. The molecule has 0 radical (unpaired) electrons. The van der Waals surface area contributed by atoms with Crippen LogP contribution in [0.3, 0.4) is 0 Å². The van der Waals surface area contributed by atoms with E-state index >= 15 is 0 Å². The summed E-state index contributed by atoms with van der Waals surface area (Å²) >= 11 is 0. The first-order chi connectivity index (χ1) is 14.6. The van der Waals surface area contributed by atoms with E-state index in [1.54, 1.807) is 12.0 Å². The number of nitrogens with zero attached hydrogens (tertiary/aromatic N) is 2. The molecule has 0 bridgehead atoms. The number of fused-ring (bicyclic) bond motifs is 1. The number of ether oxygens (including phenoxy) is 2. The van der Waals surface area contributed by atoms with Crippen molar-refractivity contribution in [1.29, 1.82) is 0 Å². The van der Waals surface area contributed by atoms with Gasteiger partial charge in [0, 0.05) is 30.8 Å². The Kier molecular flexibility index (Phi) is 5.95. The van der Waals surface area contributed by atoms with Gasteiger partial charge in [-0.2, -0.15) is 0 Å². The lowest BCUT2D eigenvalue weighted by Crippen LogP contribution is -2.49. The molecule has 160 valence electrons. The Morgan fingerprint density at radius 2 is 2.00 bits per heavy atom. The third kappa shape index (κ3) is 3.76. The number of piperidine rings is 1. The maximum absolute atomic E-state index is 12.7. The van der Waals surface area contributed by atoms with E-state index in [1.807, 2.05) is 50.4 Å². The number of nitrogens with one attached hydrogen (secondary N) is 1. The second kappa shape index (κ2) is 8.64. The van der Waals surface area contributed by atoms with E-state index in [2.05, 4.69) is 10.3 Å². The van der Waals surface area contributed by atoms with Crippen molar-refractivity contribution in [1.82, 2.24) is 15.2 Å². The molecule has 0 aliphatic carbocycles. The number of carbonyl (C=O) groups is 1. The van der Waals surface area contributed by atoms with Gasteiger partial charge in [0.15, 0.2) is 0 Å². The normalized spacial score (nSPS) is 19.6. The fourth-order valence-electron chi connectivity index (χ4n) is 4.77. The van der Waals surface area contributed by atoms with Gasteiger partial charge in [0.2, 0.25) is 0 Å². The van der Waals surface area contributed by atoms with Crippen LogP contribution in [0, 0.1) is 0 Å².